The predicted octanol–water partition coefficient (Wildman–Crippen LogP) is 3.86. The fraction of sp³-hybridized carbons (Fsp3) is 0.667. The average Bonchev–Trinajstić information content (AvgIpc) is 2.72. The van der Waals surface area contributed by atoms with Gasteiger partial charge in [-0.2, -0.15) is 0 Å². The molecule has 0 saturated heterocycles. The van der Waals surface area contributed by atoms with Crippen molar-refractivity contribution in [2.24, 2.45) is 0 Å². The number of hydrogen-bond acceptors (Lipinski definition) is 3. The SMILES string of the molecule is CNC(Cc1csc(C)n1)C1=CCCCCCC1. The normalized spacial score (nSPS) is 18.9. The van der Waals surface area contributed by atoms with Crippen LogP contribution < -0.4 is 5.32 Å². The zero-order valence-electron chi connectivity index (χ0n) is 11.5. The Hall–Kier alpha value is -0.670. The molecule has 1 unspecified atom stereocenters. The first-order valence-electron chi connectivity index (χ1n) is 7.07. The molecule has 0 amide bonds. The van der Waals surface area contributed by atoms with Crippen LogP contribution in [0.2, 0.25) is 0 Å². The van der Waals surface area contributed by atoms with Gasteiger partial charge < -0.3 is 5.32 Å². The summed E-state index contributed by atoms with van der Waals surface area (Å²) in [6, 6.07) is 0.476. The quantitative estimate of drug-likeness (QED) is 0.835. The second-order valence-corrected chi connectivity index (χ2v) is 6.20. The number of aryl methyl sites for hydroxylation is 1. The lowest BCUT2D eigenvalue weighted by Gasteiger charge is -2.21. The summed E-state index contributed by atoms with van der Waals surface area (Å²) in [7, 11) is 2.07. The summed E-state index contributed by atoms with van der Waals surface area (Å²) in [5.74, 6) is 0. The van der Waals surface area contributed by atoms with Crippen LogP contribution in [-0.2, 0) is 6.42 Å². The van der Waals surface area contributed by atoms with Gasteiger partial charge in [-0.3, -0.25) is 0 Å². The van der Waals surface area contributed by atoms with Gasteiger partial charge in [0.25, 0.3) is 0 Å². The Kier molecular flexibility index (Phi) is 5.39. The van der Waals surface area contributed by atoms with Gasteiger partial charge in [-0.25, -0.2) is 4.98 Å². The number of nitrogens with zero attached hydrogens (tertiary/aromatic N) is 1. The lowest BCUT2D eigenvalue weighted by atomic mass is 9.93. The molecule has 2 rings (SSSR count). The van der Waals surface area contributed by atoms with E-state index in [4.69, 9.17) is 0 Å². The number of likely N-dealkylation sites (N-methyl/N-ethyl adjacent to an activating group) is 1. The van der Waals surface area contributed by atoms with Crippen molar-refractivity contribution in [2.75, 3.05) is 7.05 Å². The standard InChI is InChI=1S/C15H24N2S/c1-12-17-14(11-18-12)10-15(16-2)13-8-6-4-3-5-7-9-13/h8,11,15-16H,3-7,9-10H2,1-2H3. The van der Waals surface area contributed by atoms with Crippen LogP contribution in [0.1, 0.15) is 49.2 Å². The van der Waals surface area contributed by atoms with Crippen LogP contribution >= 0.6 is 11.3 Å². The van der Waals surface area contributed by atoms with E-state index >= 15 is 0 Å². The molecule has 1 aromatic heterocycles. The topological polar surface area (TPSA) is 24.9 Å². The van der Waals surface area contributed by atoms with Crippen molar-refractivity contribution in [3.8, 4) is 0 Å². The number of allylic oxidation sites excluding steroid dienone is 1. The highest BCUT2D eigenvalue weighted by atomic mass is 32.1. The Balaban J connectivity index is 2.02. The molecular weight excluding hydrogens is 240 g/mol. The molecule has 0 spiro atoms. The molecule has 0 aliphatic heterocycles. The van der Waals surface area contributed by atoms with Crippen LogP contribution in [0.3, 0.4) is 0 Å². The van der Waals surface area contributed by atoms with E-state index in [1.165, 1.54) is 49.2 Å². The number of nitrogens with one attached hydrogen (secondary N) is 1. The first kappa shape index (κ1) is 13.8. The summed E-state index contributed by atoms with van der Waals surface area (Å²) in [4.78, 5) is 4.59. The van der Waals surface area contributed by atoms with Crippen LogP contribution in [0, 0.1) is 6.92 Å². The molecule has 1 aliphatic rings. The molecule has 1 heterocycles. The van der Waals surface area contributed by atoms with Crippen molar-refractivity contribution >= 4 is 11.3 Å². The largest absolute Gasteiger partial charge is 0.313 e. The van der Waals surface area contributed by atoms with Gasteiger partial charge in [0.1, 0.15) is 0 Å². The lowest BCUT2D eigenvalue weighted by molar-refractivity contribution is 0.555. The van der Waals surface area contributed by atoms with E-state index in [1.807, 2.05) is 0 Å². The molecular formula is C15H24N2S. The minimum Gasteiger partial charge on any atom is -0.313 e. The summed E-state index contributed by atoms with van der Waals surface area (Å²) in [5.41, 5.74) is 2.84. The number of thiazole rings is 1. The van der Waals surface area contributed by atoms with Gasteiger partial charge in [0.05, 0.1) is 10.7 Å². The van der Waals surface area contributed by atoms with Crippen LogP contribution in [0.15, 0.2) is 17.0 Å². The van der Waals surface area contributed by atoms with Crippen molar-refractivity contribution in [1.82, 2.24) is 10.3 Å². The molecule has 2 nitrogen and oxygen atoms in total. The maximum absolute atomic E-state index is 4.59. The third kappa shape index (κ3) is 3.92. The summed E-state index contributed by atoms with van der Waals surface area (Å²) in [5, 5.41) is 6.84. The predicted molar refractivity (Wildman–Crippen MR) is 79.2 cm³/mol. The molecule has 1 N–H and O–H groups in total. The Morgan fingerprint density at radius 3 is 2.89 bits per heavy atom. The van der Waals surface area contributed by atoms with Gasteiger partial charge in [0, 0.05) is 17.8 Å². The van der Waals surface area contributed by atoms with Crippen LogP contribution in [-0.4, -0.2) is 18.1 Å². The third-order valence-electron chi connectivity index (χ3n) is 3.70. The lowest BCUT2D eigenvalue weighted by Crippen LogP contribution is -2.30. The molecule has 0 fully saturated rings. The fourth-order valence-electron chi connectivity index (χ4n) is 2.66. The zero-order valence-corrected chi connectivity index (χ0v) is 12.4. The zero-order chi connectivity index (χ0) is 12.8. The highest BCUT2D eigenvalue weighted by Gasteiger charge is 2.15. The Morgan fingerprint density at radius 1 is 1.33 bits per heavy atom. The van der Waals surface area contributed by atoms with Gasteiger partial charge in [-0.15, -0.1) is 11.3 Å². The van der Waals surface area contributed by atoms with Crippen molar-refractivity contribution in [1.29, 1.82) is 0 Å². The molecule has 0 bridgehead atoms. The van der Waals surface area contributed by atoms with E-state index in [2.05, 4.69) is 35.7 Å². The smallest absolute Gasteiger partial charge is 0.0897 e. The first-order valence-corrected chi connectivity index (χ1v) is 7.94. The molecule has 0 saturated carbocycles. The number of hydrogen-bond donors (Lipinski definition) is 1. The Labute approximate surface area is 115 Å². The highest BCUT2D eigenvalue weighted by Crippen LogP contribution is 2.22. The minimum absolute atomic E-state index is 0.476. The number of rotatable bonds is 4. The van der Waals surface area contributed by atoms with E-state index in [9.17, 15) is 0 Å². The summed E-state index contributed by atoms with van der Waals surface area (Å²) >= 11 is 1.75. The molecule has 0 radical (unpaired) electrons. The van der Waals surface area contributed by atoms with Gasteiger partial charge in [-0.1, -0.05) is 24.5 Å². The Morgan fingerprint density at radius 2 is 2.17 bits per heavy atom. The second kappa shape index (κ2) is 7.05. The number of aromatic nitrogens is 1. The molecule has 1 aromatic rings. The van der Waals surface area contributed by atoms with Crippen LogP contribution in [0.4, 0.5) is 0 Å². The minimum atomic E-state index is 0.476. The first-order chi connectivity index (χ1) is 8.79. The molecule has 0 aromatic carbocycles. The highest BCUT2D eigenvalue weighted by molar-refractivity contribution is 7.09. The summed E-state index contributed by atoms with van der Waals surface area (Å²) in [6.45, 7) is 2.08. The van der Waals surface area contributed by atoms with E-state index in [0.29, 0.717) is 6.04 Å². The van der Waals surface area contributed by atoms with Gasteiger partial charge >= 0.3 is 0 Å². The molecule has 18 heavy (non-hydrogen) atoms. The van der Waals surface area contributed by atoms with Crippen molar-refractivity contribution in [3.63, 3.8) is 0 Å². The van der Waals surface area contributed by atoms with E-state index < -0.39 is 0 Å². The van der Waals surface area contributed by atoms with Crippen molar-refractivity contribution < 1.29 is 0 Å². The maximum atomic E-state index is 4.59. The third-order valence-corrected chi connectivity index (χ3v) is 4.52. The summed E-state index contributed by atoms with van der Waals surface area (Å²) < 4.78 is 0. The van der Waals surface area contributed by atoms with Gasteiger partial charge in [0.15, 0.2) is 0 Å². The average molecular weight is 264 g/mol. The van der Waals surface area contributed by atoms with Crippen molar-refractivity contribution in [3.05, 3.63) is 27.7 Å². The van der Waals surface area contributed by atoms with Gasteiger partial charge in [-0.05, 0) is 39.7 Å². The monoisotopic (exact) mass is 264 g/mol. The molecule has 100 valence electrons. The van der Waals surface area contributed by atoms with Gasteiger partial charge in [0.2, 0.25) is 0 Å². The maximum Gasteiger partial charge on any atom is 0.0897 e. The van der Waals surface area contributed by atoms with E-state index in [1.54, 1.807) is 16.9 Å². The second-order valence-electron chi connectivity index (χ2n) is 5.14. The van der Waals surface area contributed by atoms with Crippen molar-refractivity contribution in [2.45, 2.75) is 57.9 Å². The molecule has 3 heteroatoms. The Bertz CT molecular complexity index is 395. The summed E-state index contributed by atoms with van der Waals surface area (Å²) in [6.07, 6.45) is 11.5. The van der Waals surface area contributed by atoms with E-state index in [0.717, 1.165) is 6.42 Å². The molecule has 1 aliphatic carbocycles. The van der Waals surface area contributed by atoms with E-state index in [-0.39, 0.29) is 0 Å². The van der Waals surface area contributed by atoms with Crippen LogP contribution in [0.5, 0.6) is 0 Å². The fourth-order valence-corrected chi connectivity index (χ4v) is 3.29. The molecule has 1 atom stereocenters. The van der Waals surface area contributed by atoms with Crippen LogP contribution in [0.25, 0.3) is 0 Å².